The van der Waals surface area contributed by atoms with E-state index in [0.717, 1.165) is 50.4 Å². The van der Waals surface area contributed by atoms with Crippen molar-refractivity contribution in [1.29, 1.82) is 0 Å². The zero-order valence-corrected chi connectivity index (χ0v) is 38.2. The predicted octanol–water partition coefficient (Wildman–Crippen LogP) is 13.6. The minimum absolute atomic E-state index is 0. The fraction of sp³-hybridized carbons (Fsp3) is 0.308. The number of aromatic nitrogens is 2. The maximum Gasteiger partial charge on any atom is 2.00 e. The molecule has 0 atom stereocenters. The van der Waals surface area contributed by atoms with E-state index >= 15 is 0 Å². The molecule has 7 aromatic rings. The van der Waals surface area contributed by atoms with Crippen LogP contribution in [0.25, 0.3) is 27.6 Å². The van der Waals surface area contributed by atoms with Crippen LogP contribution >= 0.6 is 0 Å². The van der Waals surface area contributed by atoms with Gasteiger partial charge in [0.2, 0.25) is 5.69 Å². The van der Waals surface area contributed by atoms with E-state index in [4.69, 9.17) is 9.72 Å². The van der Waals surface area contributed by atoms with E-state index in [1.807, 2.05) is 24.4 Å². The van der Waals surface area contributed by atoms with Gasteiger partial charge in [-0.1, -0.05) is 142 Å². The summed E-state index contributed by atoms with van der Waals surface area (Å²) in [4.78, 5) is 4.85. The van der Waals surface area contributed by atoms with Crippen molar-refractivity contribution in [2.45, 2.75) is 105 Å². The number of fused-ring (bicyclic) bond motifs is 4. The normalized spacial score (nSPS) is 13.3. The van der Waals surface area contributed by atoms with E-state index in [0.29, 0.717) is 11.5 Å². The third-order valence-electron chi connectivity index (χ3n) is 11.0. The molecule has 0 N–H and O–H groups in total. The number of hydrogen-bond donors (Lipinski definition) is 0. The maximum atomic E-state index is 6.62. The first kappa shape index (κ1) is 41.1. The van der Waals surface area contributed by atoms with Gasteiger partial charge in [-0.2, -0.15) is 12.1 Å². The molecule has 58 heavy (non-hydrogen) atoms. The first-order chi connectivity index (χ1) is 26.8. The molecule has 0 fully saturated rings. The molecule has 296 valence electrons. The Balaban J connectivity index is 0.00000512. The molecule has 0 aliphatic carbocycles. The van der Waals surface area contributed by atoms with Crippen molar-refractivity contribution in [3.8, 4) is 17.3 Å². The molecule has 0 saturated carbocycles. The molecular weight excluding hydrogens is 892 g/mol. The predicted molar refractivity (Wildman–Crippen MR) is 238 cm³/mol. The molecule has 2 aromatic heterocycles. The molecule has 0 spiro atoms. The zero-order valence-electron chi connectivity index (χ0n) is 35.9. The summed E-state index contributed by atoms with van der Waals surface area (Å²) >= 11 is 0. The Bertz CT molecular complexity index is 2760. The summed E-state index contributed by atoms with van der Waals surface area (Å²) in [5.41, 5.74) is 11.0. The van der Waals surface area contributed by atoms with Crippen molar-refractivity contribution in [3.63, 3.8) is 0 Å². The van der Waals surface area contributed by atoms with Gasteiger partial charge in [-0.15, -0.1) is 23.6 Å². The Morgan fingerprint density at radius 2 is 1.24 bits per heavy atom. The van der Waals surface area contributed by atoms with E-state index in [-0.39, 0.29) is 42.7 Å². The van der Waals surface area contributed by atoms with E-state index in [1.165, 1.54) is 22.3 Å². The molecule has 3 heterocycles. The topological polar surface area (TPSA) is 33.1 Å². The van der Waals surface area contributed by atoms with Crippen LogP contribution in [0.1, 0.15) is 105 Å². The fourth-order valence-electron chi connectivity index (χ4n) is 7.66. The number of benzene rings is 5. The van der Waals surface area contributed by atoms with Gasteiger partial charge in [0, 0.05) is 47.0 Å². The average molecular weight is 946 g/mol. The van der Waals surface area contributed by atoms with Gasteiger partial charge in [0.15, 0.2) is 0 Å². The Kier molecular flexibility index (Phi) is 10.4. The standard InChI is InChI=1S/C52H54N4O.Pt/c1-49(2,3)34-25-26-53-47(30-34)56-44-21-14-13-19-41(44)42-24-23-40(32-46(42)56)57-39-18-15-17-37(31-39)54-33-55(48-43(52(10,11)12)20-16-22-45(48)54)38-28-35(50(4,5)6)27-36(29-38)51(7,8)9;/h13-30H,1-12H3;/q;+2. The average Bonchev–Trinajstić information content (AvgIpc) is 3.70. The van der Waals surface area contributed by atoms with Crippen LogP contribution in [0.5, 0.6) is 11.5 Å². The summed E-state index contributed by atoms with van der Waals surface area (Å²) in [5.74, 6) is 2.06. The van der Waals surface area contributed by atoms with E-state index < -0.39 is 0 Å². The second kappa shape index (κ2) is 14.6. The molecule has 5 nitrogen and oxygen atoms in total. The number of para-hydroxylation sites is 2. The summed E-state index contributed by atoms with van der Waals surface area (Å²) in [6.07, 6.45) is 1.90. The molecule has 0 radical (unpaired) electrons. The van der Waals surface area contributed by atoms with Crippen molar-refractivity contribution in [2.75, 3.05) is 0 Å². The zero-order chi connectivity index (χ0) is 40.7. The first-order valence-electron chi connectivity index (χ1n) is 20.1. The smallest absolute Gasteiger partial charge is 0.509 e. The first-order valence-corrected chi connectivity index (χ1v) is 20.1. The molecule has 0 bridgehead atoms. The van der Waals surface area contributed by atoms with Crippen LogP contribution < -0.4 is 13.9 Å². The summed E-state index contributed by atoms with van der Waals surface area (Å²) in [6.45, 7) is 27.2. The van der Waals surface area contributed by atoms with Crippen molar-refractivity contribution in [2.24, 2.45) is 0 Å². The Hall–Kier alpha value is -5.08. The molecule has 1 aliphatic rings. The second-order valence-corrected chi connectivity index (χ2v) is 19.6. The molecule has 0 unspecified atom stereocenters. The van der Waals surface area contributed by atoms with Crippen molar-refractivity contribution >= 4 is 50.6 Å². The number of rotatable bonds is 5. The summed E-state index contributed by atoms with van der Waals surface area (Å²) in [5, 5.41) is 2.24. The Morgan fingerprint density at radius 1 is 0.586 bits per heavy atom. The monoisotopic (exact) mass is 945 g/mol. The van der Waals surface area contributed by atoms with Gasteiger partial charge < -0.3 is 9.30 Å². The van der Waals surface area contributed by atoms with E-state index in [9.17, 15) is 0 Å². The van der Waals surface area contributed by atoms with Crippen molar-refractivity contribution < 1.29 is 25.8 Å². The van der Waals surface area contributed by atoms with Crippen LogP contribution in [0.4, 0.5) is 22.7 Å². The molecule has 8 rings (SSSR count). The minimum atomic E-state index is -0.106. The van der Waals surface area contributed by atoms with E-state index in [2.05, 4.69) is 200 Å². The van der Waals surface area contributed by atoms with Crippen LogP contribution in [0.3, 0.4) is 0 Å². The quantitative estimate of drug-likeness (QED) is 0.127. The Morgan fingerprint density at radius 3 is 1.91 bits per heavy atom. The largest absolute Gasteiger partial charge is 2.00 e. The van der Waals surface area contributed by atoms with Gasteiger partial charge in [-0.25, -0.2) is 4.98 Å². The fourth-order valence-corrected chi connectivity index (χ4v) is 7.66. The van der Waals surface area contributed by atoms with Gasteiger partial charge in [-0.05, 0) is 66.5 Å². The van der Waals surface area contributed by atoms with Gasteiger partial charge in [0.05, 0.1) is 0 Å². The molecular formula is C52H54N4OPt+2. The van der Waals surface area contributed by atoms with Crippen LogP contribution in [0.2, 0.25) is 0 Å². The summed E-state index contributed by atoms with van der Waals surface area (Å²) < 4.78 is 13.2. The number of ether oxygens (including phenoxy) is 1. The third kappa shape index (κ3) is 7.63. The van der Waals surface area contributed by atoms with Crippen molar-refractivity contribution in [3.05, 3.63) is 144 Å². The van der Waals surface area contributed by atoms with Crippen LogP contribution in [0.15, 0.2) is 109 Å². The van der Waals surface area contributed by atoms with E-state index in [1.54, 1.807) is 0 Å². The molecule has 1 aliphatic heterocycles. The number of hydrogen-bond acceptors (Lipinski definition) is 2. The SMILES string of the molecule is CC(C)(C)c1cc([N+]2=C=[N+](c3[c-]c(Oc4[c-]c5c(cc4)c4ccccc4n5-c4cc(C(C)(C)C)ccn4)ccc3)c3cccc(C(C)(C)C)c32)cc(C(C)(C)C)c1.[Pt+2]. The number of pyridine rings is 1. The summed E-state index contributed by atoms with van der Waals surface area (Å²) in [6, 6.07) is 47.5. The minimum Gasteiger partial charge on any atom is -0.509 e. The van der Waals surface area contributed by atoms with Gasteiger partial charge in [0.25, 0.3) is 5.69 Å². The molecule has 5 aromatic carbocycles. The molecule has 0 amide bonds. The maximum absolute atomic E-state index is 6.62. The van der Waals surface area contributed by atoms with Gasteiger partial charge in [-0.3, -0.25) is 0 Å². The summed E-state index contributed by atoms with van der Waals surface area (Å²) in [7, 11) is 0. The van der Waals surface area contributed by atoms with Crippen LogP contribution in [0, 0.1) is 12.1 Å². The van der Waals surface area contributed by atoms with Crippen LogP contribution in [-0.4, -0.2) is 15.6 Å². The van der Waals surface area contributed by atoms with Gasteiger partial charge >= 0.3 is 32.8 Å². The molecule has 6 heteroatoms. The second-order valence-electron chi connectivity index (χ2n) is 19.6. The number of nitrogens with zero attached hydrogens (tertiary/aromatic N) is 4. The third-order valence-corrected chi connectivity index (χ3v) is 11.0. The van der Waals surface area contributed by atoms with Crippen LogP contribution in [-0.2, 0) is 42.7 Å². The molecule has 0 saturated heterocycles. The Labute approximate surface area is 359 Å². The van der Waals surface area contributed by atoms with Gasteiger partial charge in [0.1, 0.15) is 11.5 Å². The van der Waals surface area contributed by atoms with Crippen molar-refractivity contribution in [1.82, 2.24) is 18.7 Å².